The highest BCUT2D eigenvalue weighted by Gasteiger charge is 1.96. The number of rotatable bonds is 11. The molecule has 0 aliphatic carbocycles. The molecule has 0 fully saturated rings. The van der Waals surface area contributed by atoms with Gasteiger partial charge in [-0.25, -0.2) is 0 Å². The fraction of sp³-hybridized carbons (Fsp3) is 0.769. The Morgan fingerprint density at radius 1 is 1.06 bits per heavy atom. The quantitative estimate of drug-likeness (QED) is 0.335. The molecule has 0 radical (unpaired) electrons. The molecule has 0 heterocycles. The molecule has 0 aromatic rings. The first-order valence-electron chi connectivity index (χ1n) is 6.12. The lowest BCUT2D eigenvalue weighted by Crippen LogP contribution is -2.11. The van der Waals surface area contributed by atoms with Gasteiger partial charge in [-0.2, -0.15) is 0 Å². The van der Waals surface area contributed by atoms with Gasteiger partial charge in [-0.1, -0.05) is 18.8 Å². The van der Waals surface area contributed by atoms with Crippen LogP contribution in [0.1, 0.15) is 32.6 Å². The fourth-order valence-corrected chi connectivity index (χ4v) is 1.26. The molecule has 0 amide bonds. The van der Waals surface area contributed by atoms with E-state index in [2.05, 4.69) is 11.8 Å². The van der Waals surface area contributed by atoms with E-state index in [0.29, 0.717) is 13.2 Å². The van der Waals surface area contributed by atoms with Crippen LogP contribution < -0.4 is 5.73 Å². The molecule has 0 saturated carbocycles. The minimum Gasteiger partial charge on any atom is -0.379 e. The average molecular weight is 241 g/mol. The van der Waals surface area contributed by atoms with E-state index in [4.69, 9.17) is 15.2 Å². The smallest absolute Gasteiger partial charge is 0.231 e. The van der Waals surface area contributed by atoms with Gasteiger partial charge >= 0.3 is 0 Å². The lowest BCUT2D eigenvalue weighted by Gasteiger charge is -2.04. The number of carbonyl (C=O) groups excluding carboxylic acids is 1. The van der Waals surface area contributed by atoms with Crippen LogP contribution in [-0.2, 0) is 14.3 Å². The summed E-state index contributed by atoms with van der Waals surface area (Å²) in [5.74, 6) is 4.76. The van der Waals surface area contributed by atoms with Crippen molar-refractivity contribution in [2.24, 2.45) is 5.73 Å². The third-order valence-electron chi connectivity index (χ3n) is 2.11. The number of ketones is 1. The number of hydrogen-bond acceptors (Lipinski definition) is 4. The molecule has 0 rings (SSSR count). The molecule has 17 heavy (non-hydrogen) atoms. The van der Waals surface area contributed by atoms with Crippen LogP contribution in [0, 0.1) is 11.8 Å². The molecule has 0 aromatic carbocycles. The largest absolute Gasteiger partial charge is 0.379 e. The van der Waals surface area contributed by atoms with Crippen LogP contribution in [0.2, 0.25) is 0 Å². The summed E-state index contributed by atoms with van der Waals surface area (Å²) >= 11 is 0. The van der Waals surface area contributed by atoms with Crippen molar-refractivity contribution in [2.45, 2.75) is 32.6 Å². The topological polar surface area (TPSA) is 61.5 Å². The lowest BCUT2D eigenvalue weighted by atomic mass is 10.2. The Hall–Kier alpha value is -0.890. The molecule has 0 spiro atoms. The second-order valence-corrected chi connectivity index (χ2v) is 3.67. The minimum absolute atomic E-state index is 0.0562. The van der Waals surface area contributed by atoms with Gasteiger partial charge in [-0.3, -0.25) is 4.79 Å². The van der Waals surface area contributed by atoms with E-state index in [1.54, 1.807) is 6.92 Å². The molecule has 0 aliphatic heterocycles. The van der Waals surface area contributed by atoms with Crippen LogP contribution in [-0.4, -0.2) is 38.8 Å². The van der Waals surface area contributed by atoms with Crippen LogP contribution in [0.25, 0.3) is 0 Å². The summed E-state index contributed by atoms with van der Waals surface area (Å²) in [5, 5.41) is 0. The van der Waals surface area contributed by atoms with Crippen molar-refractivity contribution in [3.8, 4) is 11.8 Å². The predicted octanol–water partition coefficient (Wildman–Crippen LogP) is 1.13. The van der Waals surface area contributed by atoms with Gasteiger partial charge < -0.3 is 15.2 Å². The number of unbranched alkanes of at least 4 members (excludes halogenated alkanes) is 3. The second kappa shape index (κ2) is 13.2. The zero-order valence-corrected chi connectivity index (χ0v) is 10.7. The van der Waals surface area contributed by atoms with E-state index >= 15 is 0 Å². The van der Waals surface area contributed by atoms with Gasteiger partial charge in [-0.05, 0) is 32.2 Å². The second-order valence-electron chi connectivity index (χ2n) is 3.67. The van der Waals surface area contributed by atoms with Crippen molar-refractivity contribution in [3.63, 3.8) is 0 Å². The summed E-state index contributed by atoms with van der Waals surface area (Å²) in [4.78, 5) is 10.9. The first-order chi connectivity index (χ1) is 8.31. The molecule has 0 bridgehead atoms. The van der Waals surface area contributed by atoms with Crippen molar-refractivity contribution in [2.75, 3.05) is 33.0 Å². The van der Waals surface area contributed by atoms with Gasteiger partial charge in [0, 0.05) is 6.61 Å². The Bertz CT molecular complexity index is 243. The Morgan fingerprint density at radius 3 is 2.47 bits per heavy atom. The zero-order valence-electron chi connectivity index (χ0n) is 10.7. The molecule has 4 nitrogen and oxygen atoms in total. The molecule has 0 aliphatic rings. The van der Waals surface area contributed by atoms with Crippen molar-refractivity contribution >= 4 is 5.78 Å². The Labute approximate surface area is 104 Å². The highest BCUT2D eigenvalue weighted by molar-refractivity contribution is 5.96. The minimum atomic E-state index is -0.186. The standard InChI is InChI=1S/C13H23NO3/c1-2-7-13(15)12-17-11-10-16-9-6-4-3-5-8-14/h3-6,8-12,14H2,1H3. The molecule has 0 aromatic heterocycles. The third kappa shape index (κ3) is 13.0. The normalized spacial score (nSPS) is 9.76. The van der Waals surface area contributed by atoms with Gasteiger partial charge in [0.15, 0.2) is 0 Å². The molecule has 0 unspecified atom stereocenters. The summed E-state index contributed by atoms with van der Waals surface area (Å²) < 4.78 is 10.5. The Balaban J connectivity index is 3.07. The van der Waals surface area contributed by atoms with E-state index in [0.717, 1.165) is 32.4 Å². The Morgan fingerprint density at radius 2 is 1.76 bits per heavy atom. The van der Waals surface area contributed by atoms with E-state index in [9.17, 15) is 4.79 Å². The van der Waals surface area contributed by atoms with Gasteiger partial charge in [-0.15, -0.1) is 0 Å². The zero-order chi connectivity index (χ0) is 12.8. The summed E-state index contributed by atoms with van der Waals surface area (Å²) in [7, 11) is 0. The summed E-state index contributed by atoms with van der Waals surface area (Å²) in [6.45, 7) is 4.18. The van der Waals surface area contributed by atoms with Crippen molar-refractivity contribution in [1.82, 2.24) is 0 Å². The molecule has 0 saturated heterocycles. The van der Waals surface area contributed by atoms with Crippen molar-refractivity contribution < 1.29 is 14.3 Å². The van der Waals surface area contributed by atoms with E-state index in [-0.39, 0.29) is 12.4 Å². The first-order valence-corrected chi connectivity index (χ1v) is 6.12. The Kier molecular flexibility index (Phi) is 12.5. The van der Waals surface area contributed by atoms with E-state index < -0.39 is 0 Å². The monoisotopic (exact) mass is 241 g/mol. The van der Waals surface area contributed by atoms with Crippen molar-refractivity contribution in [1.29, 1.82) is 0 Å². The van der Waals surface area contributed by atoms with Crippen LogP contribution in [0.15, 0.2) is 0 Å². The maximum atomic E-state index is 10.9. The molecular weight excluding hydrogens is 218 g/mol. The number of carbonyl (C=O) groups is 1. The van der Waals surface area contributed by atoms with Crippen LogP contribution in [0.4, 0.5) is 0 Å². The van der Waals surface area contributed by atoms with Crippen LogP contribution in [0.5, 0.6) is 0 Å². The molecular formula is C13H23NO3. The molecule has 2 N–H and O–H groups in total. The fourth-order valence-electron chi connectivity index (χ4n) is 1.26. The van der Waals surface area contributed by atoms with Gasteiger partial charge in [0.2, 0.25) is 5.78 Å². The van der Waals surface area contributed by atoms with Crippen molar-refractivity contribution in [3.05, 3.63) is 0 Å². The average Bonchev–Trinajstić information content (AvgIpc) is 2.32. The number of hydrogen-bond donors (Lipinski definition) is 1. The van der Waals surface area contributed by atoms with Gasteiger partial charge in [0.25, 0.3) is 0 Å². The summed E-state index contributed by atoms with van der Waals surface area (Å²) in [6.07, 6.45) is 4.47. The van der Waals surface area contributed by atoms with E-state index in [1.165, 1.54) is 6.42 Å². The number of nitrogens with two attached hydrogens (primary N) is 1. The summed E-state index contributed by atoms with van der Waals surface area (Å²) in [5.41, 5.74) is 5.39. The first kappa shape index (κ1) is 16.1. The predicted molar refractivity (Wildman–Crippen MR) is 67.6 cm³/mol. The number of ether oxygens (including phenoxy) is 2. The van der Waals surface area contributed by atoms with E-state index in [1.807, 2.05) is 0 Å². The molecule has 98 valence electrons. The highest BCUT2D eigenvalue weighted by atomic mass is 16.5. The van der Waals surface area contributed by atoms with Crippen LogP contribution in [0.3, 0.4) is 0 Å². The maximum Gasteiger partial charge on any atom is 0.231 e. The molecule has 4 heteroatoms. The third-order valence-corrected chi connectivity index (χ3v) is 2.11. The highest BCUT2D eigenvalue weighted by Crippen LogP contribution is 1.98. The van der Waals surface area contributed by atoms with Gasteiger partial charge in [0.1, 0.15) is 6.61 Å². The van der Waals surface area contributed by atoms with Crippen LogP contribution >= 0.6 is 0 Å². The molecule has 0 atom stereocenters. The maximum absolute atomic E-state index is 10.9. The summed E-state index contributed by atoms with van der Waals surface area (Å²) in [6, 6.07) is 0. The SMILES string of the molecule is CC#CC(=O)COCCOCCCCCCN. The van der Waals surface area contributed by atoms with Gasteiger partial charge in [0.05, 0.1) is 13.2 Å². The lowest BCUT2D eigenvalue weighted by molar-refractivity contribution is -0.118. The number of Topliss-reactive ketones (excluding diaryl/α,β-unsaturated/α-hetero) is 1.